The molecule has 1 unspecified atom stereocenters. The third-order valence-electron chi connectivity index (χ3n) is 5.37. The summed E-state index contributed by atoms with van der Waals surface area (Å²) in [4.78, 5) is 18.3. The van der Waals surface area contributed by atoms with Crippen LogP contribution in [0, 0.1) is 5.92 Å². The zero-order valence-corrected chi connectivity index (χ0v) is 17.8. The molecule has 1 saturated heterocycles. The Morgan fingerprint density at radius 1 is 1.33 bits per heavy atom. The van der Waals surface area contributed by atoms with Crippen LogP contribution in [0.1, 0.15) is 65.2 Å². The van der Waals surface area contributed by atoms with Crippen molar-refractivity contribution in [3.05, 3.63) is 0 Å². The van der Waals surface area contributed by atoms with Crippen LogP contribution in [0.3, 0.4) is 0 Å². The summed E-state index contributed by atoms with van der Waals surface area (Å²) in [6.45, 7) is 6.32. The maximum Gasteiger partial charge on any atom is 0.222 e. The molecule has 0 aromatic heterocycles. The van der Waals surface area contributed by atoms with E-state index in [0.29, 0.717) is 18.0 Å². The maximum absolute atomic E-state index is 11.9. The van der Waals surface area contributed by atoms with Crippen molar-refractivity contribution in [3.8, 4) is 0 Å². The van der Waals surface area contributed by atoms with Gasteiger partial charge in [0.1, 0.15) is 0 Å². The predicted molar refractivity (Wildman–Crippen MR) is 111 cm³/mol. The second-order valence-corrected chi connectivity index (χ2v) is 7.14. The van der Waals surface area contributed by atoms with Crippen LogP contribution >= 0.6 is 24.0 Å². The summed E-state index contributed by atoms with van der Waals surface area (Å²) >= 11 is 0. The third kappa shape index (κ3) is 6.41. The van der Waals surface area contributed by atoms with E-state index in [1.807, 2.05) is 7.05 Å². The second-order valence-electron chi connectivity index (χ2n) is 7.14. The average Bonchev–Trinajstić information content (AvgIpc) is 2.98. The average molecular weight is 450 g/mol. The van der Waals surface area contributed by atoms with Crippen molar-refractivity contribution in [3.63, 3.8) is 0 Å². The largest absolute Gasteiger partial charge is 0.356 e. The molecular weight excluding hydrogens is 415 g/mol. The van der Waals surface area contributed by atoms with E-state index in [-0.39, 0.29) is 24.0 Å². The molecule has 1 heterocycles. The SMILES string of the molecule is CCC(CCNC(=NC)NC1CCC(C)CC1)N1CCCC1=O.I. The lowest BCUT2D eigenvalue weighted by molar-refractivity contribution is -0.129. The van der Waals surface area contributed by atoms with E-state index >= 15 is 0 Å². The highest BCUT2D eigenvalue weighted by Gasteiger charge is 2.26. The lowest BCUT2D eigenvalue weighted by Crippen LogP contribution is -2.46. The minimum absolute atomic E-state index is 0. The minimum Gasteiger partial charge on any atom is -0.356 e. The predicted octanol–water partition coefficient (Wildman–Crippen LogP) is 3.14. The number of hydrogen-bond acceptors (Lipinski definition) is 2. The van der Waals surface area contributed by atoms with Crippen molar-refractivity contribution in [1.29, 1.82) is 0 Å². The molecule has 0 aromatic carbocycles. The normalized spacial score (nSPS) is 26.0. The Bertz CT molecular complexity index is 408. The Morgan fingerprint density at radius 3 is 2.58 bits per heavy atom. The van der Waals surface area contributed by atoms with Crippen LogP contribution < -0.4 is 10.6 Å². The Labute approximate surface area is 164 Å². The van der Waals surface area contributed by atoms with Gasteiger partial charge in [0.25, 0.3) is 0 Å². The number of rotatable bonds is 6. The van der Waals surface area contributed by atoms with Gasteiger partial charge < -0.3 is 15.5 Å². The Balaban J connectivity index is 0.00000288. The zero-order chi connectivity index (χ0) is 16.7. The molecule has 1 saturated carbocycles. The quantitative estimate of drug-likeness (QED) is 0.372. The second kappa shape index (κ2) is 11.2. The van der Waals surface area contributed by atoms with Gasteiger partial charge in [0.2, 0.25) is 5.91 Å². The van der Waals surface area contributed by atoms with E-state index in [1.165, 1.54) is 25.7 Å². The fourth-order valence-corrected chi connectivity index (χ4v) is 3.79. The molecule has 0 aromatic rings. The van der Waals surface area contributed by atoms with Gasteiger partial charge in [-0.2, -0.15) is 0 Å². The van der Waals surface area contributed by atoms with Crippen LogP contribution in [-0.4, -0.2) is 49.0 Å². The monoisotopic (exact) mass is 450 g/mol. The smallest absolute Gasteiger partial charge is 0.222 e. The van der Waals surface area contributed by atoms with Crippen LogP contribution in [0.25, 0.3) is 0 Å². The van der Waals surface area contributed by atoms with E-state index in [1.54, 1.807) is 0 Å². The van der Waals surface area contributed by atoms with Gasteiger partial charge in [-0.15, -0.1) is 24.0 Å². The van der Waals surface area contributed by atoms with E-state index in [9.17, 15) is 4.79 Å². The number of halogens is 1. The Hall–Kier alpha value is -0.530. The van der Waals surface area contributed by atoms with Gasteiger partial charge in [-0.25, -0.2) is 0 Å². The van der Waals surface area contributed by atoms with Crippen molar-refractivity contribution in [2.24, 2.45) is 10.9 Å². The first-order chi connectivity index (χ1) is 11.1. The summed E-state index contributed by atoms with van der Waals surface area (Å²) < 4.78 is 0. The third-order valence-corrected chi connectivity index (χ3v) is 5.37. The summed E-state index contributed by atoms with van der Waals surface area (Å²) in [7, 11) is 1.84. The van der Waals surface area contributed by atoms with E-state index in [0.717, 1.165) is 50.7 Å². The van der Waals surface area contributed by atoms with Gasteiger partial charge in [-0.1, -0.05) is 13.8 Å². The first kappa shape index (κ1) is 21.5. The maximum atomic E-state index is 11.9. The fraction of sp³-hybridized carbons (Fsp3) is 0.889. The first-order valence-electron chi connectivity index (χ1n) is 9.40. The number of amides is 1. The van der Waals surface area contributed by atoms with Crippen LogP contribution in [0.4, 0.5) is 0 Å². The topological polar surface area (TPSA) is 56.7 Å². The lowest BCUT2D eigenvalue weighted by atomic mass is 9.87. The molecule has 0 radical (unpaired) electrons. The van der Waals surface area contributed by atoms with E-state index in [2.05, 4.69) is 34.4 Å². The van der Waals surface area contributed by atoms with Gasteiger partial charge in [0.05, 0.1) is 0 Å². The number of guanidine groups is 1. The highest BCUT2D eigenvalue weighted by atomic mass is 127. The number of likely N-dealkylation sites (tertiary alicyclic amines) is 1. The molecule has 24 heavy (non-hydrogen) atoms. The molecular formula is C18H35IN4O. The minimum atomic E-state index is 0. The molecule has 2 rings (SSSR count). The van der Waals surface area contributed by atoms with Crippen LogP contribution in [0.2, 0.25) is 0 Å². The van der Waals surface area contributed by atoms with Gasteiger partial charge in [-0.05, 0) is 50.9 Å². The van der Waals surface area contributed by atoms with E-state index < -0.39 is 0 Å². The van der Waals surface area contributed by atoms with Crippen molar-refractivity contribution in [2.75, 3.05) is 20.1 Å². The van der Waals surface area contributed by atoms with Crippen LogP contribution in [-0.2, 0) is 4.79 Å². The Kier molecular flexibility index (Phi) is 10.0. The highest BCUT2D eigenvalue weighted by molar-refractivity contribution is 14.0. The molecule has 2 fully saturated rings. The van der Waals surface area contributed by atoms with Gasteiger partial charge in [-0.3, -0.25) is 9.79 Å². The van der Waals surface area contributed by atoms with Gasteiger partial charge in [0, 0.05) is 38.6 Å². The zero-order valence-electron chi connectivity index (χ0n) is 15.5. The van der Waals surface area contributed by atoms with Crippen molar-refractivity contribution >= 4 is 35.8 Å². The molecule has 1 amide bonds. The standard InChI is InChI=1S/C18H34N4O.HI/c1-4-16(22-13-5-6-17(22)23)11-12-20-18(19-3)21-15-9-7-14(2)8-10-15;/h14-16H,4-13H2,1-3H3,(H2,19,20,21);1H. The molecule has 2 aliphatic rings. The lowest BCUT2D eigenvalue weighted by Gasteiger charge is -2.29. The van der Waals surface area contributed by atoms with Gasteiger partial charge >= 0.3 is 0 Å². The number of nitrogens with zero attached hydrogens (tertiary/aromatic N) is 2. The number of carbonyl (C=O) groups is 1. The van der Waals surface area contributed by atoms with E-state index in [4.69, 9.17) is 0 Å². The molecule has 1 aliphatic heterocycles. The molecule has 140 valence electrons. The van der Waals surface area contributed by atoms with Crippen molar-refractivity contribution < 1.29 is 4.79 Å². The molecule has 6 heteroatoms. The number of aliphatic imine (C=N–C) groups is 1. The van der Waals surface area contributed by atoms with Gasteiger partial charge in [0.15, 0.2) is 5.96 Å². The summed E-state index contributed by atoms with van der Waals surface area (Å²) in [5, 5.41) is 6.99. The van der Waals surface area contributed by atoms with Crippen LogP contribution in [0.15, 0.2) is 4.99 Å². The fourth-order valence-electron chi connectivity index (χ4n) is 3.79. The van der Waals surface area contributed by atoms with Crippen molar-refractivity contribution in [2.45, 2.75) is 77.3 Å². The molecule has 5 nitrogen and oxygen atoms in total. The number of nitrogens with one attached hydrogen (secondary N) is 2. The van der Waals surface area contributed by atoms with Crippen LogP contribution in [0.5, 0.6) is 0 Å². The molecule has 1 atom stereocenters. The summed E-state index contributed by atoms with van der Waals surface area (Å²) in [5.41, 5.74) is 0. The summed E-state index contributed by atoms with van der Waals surface area (Å²) in [6.07, 6.45) is 8.86. The summed E-state index contributed by atoms with van der Waals surface area (Å²) in [6, 6.07) is 0.922. The Morgan fingerprint density at radius 2 is 2.04 bits per heavy atom. The number of carbonyl (C=O) groups excluding carboxylic acids is 1. The molecule has 0 spiro atoms. The highest BCUT2D eigenvalue weighted by Crippen LogP contribution is 2.23. The first-order valence-corrected chi connectivity index (χ1v) is 9.40. The number of hydrogen-bond donors (Lipinski definition) is 2. The summed E-state index contributed by atoms with van der Waals surface area (Å²) in [5.74, 6) is 2.11. The molecule has 0 bridgehead atoms. The van der Waals surface area contributed by atoms with Crippen molar-refractivity contribution in [1.82, 2.24) is 15.5 Å². The molecule has 2 N–H and O–H groups in total. The molecule has 1 aliphatic carbocycles.